The number of ether oxygens (including phenoxy) is 3. The topological polar surface area (TPSA) is 77.1 Å². The monoisotopic (exact) mass is 470 g/mol. The number of methoxy groups -OCH3 is 1. The molecule has 0 saturated carbocycles. The van der Waals surface area contributed by atoms with Gasteiger partial charge in [-0.2, -0.15) is 0 Å². The van der Waals surface area contributed by atoms with Gasteiger partial charge in [0.05, 0.1) is 18.2 Å². The quantitative estimate of drug-likeness (QED) is 0.672. The fourth-order valence-electron chi connectivity index (χ4n) is 3.19. The van der Waals surface area contributed by atoms with Gasteiger partial charge in [0.15, 0.2) is 11.5 Å². The van der Waals surface area contributed by atoms with E-state index in [9.17, 15) is 9.59 Å². The number of halogens is 1. The van der Waals surface area contributed by atoms with E-state index < -0.39 is 11.7 Å². The molecule has 1 N–H and O–H groups in total. The second-order valence-electron chi connectivity index (χ2n) is 8.04. The first-order chi connectivity index (χ1) is 13.6. The Bertz CT molecular complexity index is 725. The molecule has 1 aliphatic rings. The molecule has 0 unspecified atom stereocenters. The highest BCUT2D eigenvalue weighted by molar-refractivity contribution is 9.10. The van der Waals surface area contributed by atoms with Gasteiger partial charge >= 0.3 is 6.09 Å². The normalized spacial score (nSPS) is 15.0. The largest absolute Gasteiger partial charge is 0.493 e. The molecule has 162 valence electrons. The van der Waals surface area contributed by atoms with Crippen LogP contribution in [0.3, 0.4) is 0 Å². The second-order valence-corrected chi connectivity index (χ2v) is 8.90. The molecule has 0 bridgehead atoms. The number of likely N-dealkylation sites (tertiary alicyclic amines) is 1. The lowest BCUT2D eigenvalue weighted by Gasteiger charge is -2.32. The Hall–Kier alpha value is -1.96. The molecule has 1 aromatic carbocycles. The van der Waals surface area contributed by atoms with Crippen LogP contribution in [-0.2, 0) is 4.74 Å². The van der Waals surface area contributed by atoms with Gasteiger partial charge in [-0.05, 0) is 74.5 Å². The maximum Gasteiger partial charge on any atom is 0.407 e. The standard InChI is InChI=1S/C21H31BrN2O5/c1-6-28-18-16(22)11-15(12-17(18)27-5)19(25)24-9-7-14(8-10-24)13-23-20(26)29-21(2,3)4/h11-12,14H,6-10,13H2,1-5H3,(H,23,26). The SMILES string of the molecule is CCOc1c(Br)cc(C(=O)N2CCC(CNC(=O)OC(C)(C)C)CC2)cc1OC. The van der Waals surface area contributed by atoms with Crippen LogP contribution in [0.4, 0.5) is 4.79 Å². The summed E-state index contributed by atoms with van der Waals surface area (Å²) in [6.07, 6.45) is 1.26. The average molecular weight is 471 g/mol. The highest BCUT2D eigenvalue weighted by Crippen LogP contribution is 2.37. The third-order valence-corrected chi connectivity index (χ3v) is 5.19. The summed E-state index contributed by atoms with van der Waals surface area (Å²) >= 11 is 3.47. The number of hydrogen-bond acceptors (Lipinski definition) is 5. The van der Waals surface area contributed by atoms with Crippen LogP contribution in [0, 0.1) is 5.92 Å². The van der Waals surface area contributed by atoms with E-state index in [-0.39, 0.29) is 5.91 Å². The number of amides is 2. The van der Waals surface area contributed by atoms with Crippen LogP contribution < -0.4 is 14.8 Å². The van der Waals surface area contributed by atoms with Crippen molar-refractivity contribution in [3.63, 3.8) is 0 Å². The van der Waals surface area contributed by atoms with Gasteiger partial charge in [-0.3, -0.25) is 4.79 Å². The van der Waals surface area contributed by atoms with E-state index in [0.29, 0.717) is 53.7 Å². The number of carbonyl (C=O) groups excluding carboxylic acids is 2. The Morgan fingerprint density at radius 2 is 1.90 bits per heavy atom. The van der Waals surface area contributed by atoms with Crippen molar-refractivity contribution in [3.05, 3.63) is 22.2 Å². The lowest BCUT2D eigenvalue weighted by molar-refractivity contribution is 0.0500. The molecule has 1 aromatic rings. The molecule has 1 fully saturated rings. The summed E-state index contributed by atoms with van der Waals surface area (Å²) in [6, 6.07) is 3.49. The molecule has 0 atom stereocenters. The summed E-state index contributed by atoms with van der Waals surface area (Å²) in [7, 11) is 1.56. The summed E-state index contributed by atoms with van der Waals surface area (Å²) in [5.41, 5.74) is 0.0508. The molecule has 8 heteroatoms. The van der Waals surface area contributed by atoms with E-state index in [4.69, 9.17) is 14.2 Å². The first kappa shape index (κ1) is 23.3. The van der Waals surface area contributed by atoms with Crippen LogP contribution in [0.5, 0.6) is 11.5 Å². The molecule has 1 heterocycles. The Morgan fingerprint density at radius 1 is 1.24 bits per heavy atom. The molecule has 0 spiro atoms. The third kappa shape index (κ3) is 6.80. The number of benzene rings is 1. The number of nitrogens with zero attached hydrogens (tertiary/aromatic N) is 1. The molecule has 29 heavy (non-hydrogen) atoms. The van der Waals surface area contributed by atoms with Crippen molar-refractivity contribution < 1.29 is 23.8 Å². The summed E-state index contributed by atoms with van der Waals surface area (Å²) in [5, 5.41) is 2.82. The molecule has 0 radical (unpaired) electrons. The van der Waals surface area contributed by atoms with E-state index in [0.717, 1.165) is 12.8 Å². The van der Waals surface area contributed by atoms with Crippen LogP contribution in [0.25, 0.3) is 0 Å². The lowest BCUT2D eigenvalue weighted by atomic mass is 9.96. The average Bonchev–Trinajstić information content (AvgIpc) is 2.66. The summed E-state index contributed by atoms with van der Waals surface area (Å²) < 4.78 is 16.9. The van der Waals surface area contributed by atoms with E-state index in [1.165, 1.54) is 0 Å². The first-order valence-corrected chi connectivity index (χ1v) is 10.7. The zero-order valence-electron chi connectivity index (χ0n) is 17.8. The Kier molecular flexibility index (Phi) is 8.19. The Balaban J connectivity index is 1.92. The van der Waals surface area contributed by atoms with Crippen molar-refractivity contribution in [2.45, 2.75) is 46.1 Å². The molecule has 2 rings (SSSR count). The van der Waals surface area contributed by atoms with E-state index in [1.54, 1.807) is 19.2 Å². The molecule has 2 amide bonds. The molecule has 0 aromatic heterocycles. The Labute approximate surface area is 181 Å². The number of piperidine rings is 1. The van der Waals surface area contributed by atoms with Gasteiger partial charge in [0.1, 0.15) is 5.60 Å². The van der Waals surface area contributed by atoms with Crippen molar-refractivity contribution in [1.29, 1.82) is 0 Å². The van der Waals surface area contributed by atoms with Crippen molar-refractivity contribution in [1.82, 2.24) is 10.2 Å². The van der Waals surface area contributed by atoms with Crippen molar-refractivity contribution in [3.8, 4) is 11.5 Å². The zero-order valence-corrected chi connectivity index (χ0v) is 19.4. The summed E-state index contributed by atoms with van der Waals surface area (Å²) in [5.74, 6) is 1.42. The molecule has 7 nitrogen and oxygen atoms in total. The molecular weight excluding hydrogens is 440 g/mol. The minimum absolute atomic E-state index is 0.0365. The maximum atomic E-state index is 12.9. The fourth-order valence-corrected chi connectivity index (χ4v) is 3.75. The molecule has 0 aliphatic carbocycles. The highest BCUT2D eigenvalue weighted by atomic mass is 79.9. The Morgan fingerprint density at radius 3 is 2.45 bits per heavy atom. The molecule has 1 saturated heterocycles. The number of hydrogen-bond donors (Lipinski definition) is 1. The third-order valence-electron chi connectivity index (χ3n) is 4.60. The van der Waals surface area contributed by atoms with Gasteiger partial charge in [-0.1, -0.05) is 0 Å². The lowest BCUT2D eigenvalue weighted by Crippen LogP contribution is -2.42. The summed E-state index contributed by atoms with van der Waals surface area (Å²) in [4.78, 5) is 26.6. The number of nitrogens with one attached hydrogen (secondary N) is 1. The van der Waals surface area contributed by atoms with Gasteiger partial charge < -0.3 is 24.4 Å². The van der Waals surface area contributed by atoms with Crippen LogP contribution >= 0.6 is 15.9 Å². The van der Waals surface area contributed by atoms with Crippen LogP contribution in [-0.4, -0.2) is 55.9 Å². The number of carbonyl (C=O) groups is 2. The summed E-state index contributed by atoms with van der Waals surface area (Å²) in [6.45, 7) is 9.76. The van der Waals surface area contributed by atoms with Gasteiger partial charge in [-0.15, -0.1) is 0 Å². The maximum absolute atomic E-state index is 12.9. The highest BCUT2D eigenvalue weighted by Gasteiger charge is 2.26. The number of alkyl carbamates (subject to hydrolysis) is 1. The minimum Gasteiger partial charge on any atom is -0.493 e. The van der Waals surface area contributed by atoms with Crippen LogP contribution in [0.15, 0.2) is 16.6 Å². The predicted octanol–water partition coefficient (Wildman–Crippen LogP) is 4.23. The van der Waals surface area contributed by atoms with Crippen LogP contribution in [0.2, 0.25) is 0 Å². The van der Waals surface area contributed by atoms with Crippen molar-refractivity contribution in [2.75, 3.05) is 33.4 Å². The first-order valence-electron chi connectivity index (χ1n) is 9.91. The van der Waals surface area contributed by atoms with Crippen molar-refractivity contribution in [2.24, 2.45) is 5.92 Å². The van der Waals surface area contributed by atoms with Crippen molar-refractivity contribution >= 4 is 27.9 Å². The van der Waals surface area contributed by atoms with Gasteiger partial charge in [0, 0.05) is 25.2 Å². The fraction of sp³-hybridized carbons (Fsp3) is 0.619. The van der Waals surface area contributed by atoms with Crippen LogP contribution in [0.1, 0.15) is 50.9 Å². The van der Waals surface area contributed by atoms with Gasteiger partial charge in [0.2, 0.25) is 0 Å². The molecular formula is C21H31BrN2O5. The van der Waals surface area contributed by atoms with E-state index in [1.807, 2.05) is 32.6 Å². The zero-order chi connectivity index (χ0) is 21.6. The van der Waals surface area contributed by atoms with E-state index >= 15 is 0 Å². The number of rotatable bonds is 6. The van der Waals surface area contributed by atoms with Gasteiger partial charge in [0.25, 0.3) is 5.91 Å². The minimum atomic E-state index is -0.507. The second kappa shape index (κ2) is 10.2. The predicted molar refractivity (Wildman–Crippen MR) is 115 cm³/mol. The van der Waals surface area contributed by atoms with Gasteiger partial charge in [-0.25, -0.2) is 4.79 Å². The molecule has 1 aliphatic heterocycles. The van der Waals surface area contributed by atoms with E-state index in [2.05, 4.69) is 21.2 Å². The smallest absolute Gasteiger partial charge is 0.407 e.